The molecule has 3 aliphatic rings. The number of rotatable bonds is 6. The number of hydrogen-bond acceptors (Lipinski definition) is 15. The largest absolute Gasteiger partial charge is 0.480 e. The van der Waals surface area contributed by atoms with Crippen LogP contribution in [0, 0.1) is 16.2 Å². The monoisotopic (exact) mass is 520 g/mol. The van der Waals surface area contributed by atoms with E-state index in [2.05, 4.69) is 14.2 Å². The molecule has 0 radical (unpaired) electrons. The Labute approximate surface area is 192 Å². The average molecular weight is 520 g/mol. The predicted molar refractivity (Wildman–Crippen MR) is 89.5 cm³/mol. The minimum atomic E-state index is -3.39. The molecule has 192 valence electrons. The van der Waals surface area contributed by atoms with Crippen LogP contribution in [-0.4, -0.2) is 97.0 Å². The molecule has 5 N–H and O–H groups in total. The molecule has 3 aliphatic heterocycles. The van der Waals surface area contributed by atoms with Crippen LogP contribution in [0.3, 0.4) is 0 Å². The summed E-state index contributed by atoms with van der Waals surface area (Å²) in [6, 6.07) is 0. The maximum atomic E-state index is 10.6. The van der Waals surface area contributed by atoms with Crippen molar-refractivity contribution < 1.29 is 97.3 Å². The van der Waals surface area contributed by atoms with E-state index in [-0.39, 0.29) is 0 Å². The molecule has 0 atom stereocenters. The van der Waals surface area contributed by atoms with Gasteiger partial charge in [0.25, 0.3) is 0 Å². The summed E-state index contributed by atoms with van der Waals surface area (Å²) < 4.78 is 11.3. The van der Waals surface area contributed by atoms with Gasteiger partial charge in [-0.05, 0) is 6.92 Å². The van der Waals surface area contributed by atoms with Gasteiger partial charge in [0.2, 0.25) is 0 Å². The van der Waals surface area contributed by atoms with Gasteiger partial charge in [0.15, 0.2) is 5.78 Å². The maximum Gasteiger partial charge on any atom is 0.357 e. The lowest BCUT2D eigenvalue weighted by molar-refractivity contribution is -0.224. The minimum absolute atomic E-state index is 0.594. The molecule has 0 aromatic rings. The highest BCUT2D eigenvalue weighted by Gasteiger charge is 2.80. The zero-order valence-corrected chi connectivity index (χ0v) is 16.9. The van der Waals surface area contributed by atoms with Crippen molar-refractivity contribution in [2.45, 2.75) is 6.92 Å². The SMILES string of the molecule is CC(=O)C(C(=O)O)(C(=O)O)C(=O)O.O=C(O)C1(C(=O)O)C(=O)OC1=O.O=C1OC(=O)C12C(=O)OC2=O. The molecule has 36 heavy (non-hydrogen) atoms. The van der Waals surface area contributed by atoms with Gasteiger partial charge >= 0.3 is 81.9 Å². The summed E-state index contributed by atoms with van der Waals surface area (Å²) in [6.07, 6.45) is 0. The lowest BCUT2D eigenvalue weighted by Gasteiger charge is -2.36. The van der Waals surface area contributed by atoms with E-state index in [1.54, 1.807) is 0 Å². The molecule has 20 heteroatoms. The first-order chi connectivity index (χ1) is 16.3. The molecule has 0 amide bonds. The Bertz CT molecular complexity index is 1020. The van der Waals surface area contributed by atoms with Gasteiger partial charge in [-0.2, -0.15) is 0 Å². The van der Waals surface area contributed by atoms with Crippen LogP contribution >= 0.6 is 0 Å². The van der Waals surface area contributed by atoms with Gasteiger partial charge in [0.1, 0.15) is 0 Å². The highest BCUT2D eigenvalue weighted by Crippen LogP contribution is 2.40. The fourth-order valence-electron chi connectivity index (χ4n) is 2.32. The van der Waals surface area contributed by atoms with E-state index >= 15 is 0 Å². The van der Waals surface area contributed by atoms with Gasteiger partial charge in [0.05, 0.1) is 0 Å². The number of ether oxygens (including phenoxy) is 3. The Kier molecular flexibility index (Phi) is 7.12. The van der Waals surface area contributed by atoms with E-state index in [1.165, 1.54) is 0 Å². The van der Waals surface area contributed by atoms with Crippen LogP contribution in [0.1, 0.15) is 6.92 Å². The number of ketones is 1. The van der Waals surface area contributed by atoms with E-state index in [0.717, 1.165) is 0 Å². The first kappa shape index (κ1) is 28.5. The van der Waals surface area contributed by atoms with Crippen LogP contribution in [-0.2, 0) is 71.7 Å². The lowest BCUT2D eigenvalue weighted by Crippen LogP contribution is -2.71. The van der Waals surface area contributed by atoms with E-state index in [0.29, 0.717) is 6.92 Å². The van der Waals surface area contributed by atoms with Crippen molar-refractivity contribution in [1.82, 2.24) is 0 Å². The molecule has 3 saturated heterocycles. The summed E-state index contributed by atoms with van der Waals surface area (Å²) in [4.78, 5) is 125. The molecule has 3 fully saturated rings. The Hall–Kier alpha value is -5.56. The summed E-state index contributed by atoms with van der Waals surface area (Å²) in [5.74, 6) is -19.8. The molecule has 0 aromatic heterocycles. The van der Waals surface area contributed by atoms with E-state index < -0.39 is 87.7 Å². The van der Waals surface area contributed by atoms with Gasteiger partial charge in [-0.25, -0.2) is 52.7 Å². The van der Waals surface area contributed by atoms with Crippen LogP contribution in [0.25, 0.3) is 0 Å². The summed E-state index contributed by atoms with van der Waals surface area (Å²) >= 11 is 0. The second kappa shape index (κ2) is 9.00. The van der Waals surface area contributed by atoms with Gasteiger partial charge < -0.3 is 39.7 Å². The number of hydrogen-bond donors (Lipinski definition) is 5. The fourth-order valence-corrected chi connectivity index (χ4v) is 2.32. The summed E-state index contributed by atoms with van der Waals surface area (Å²) in [6.45, 7) is 0.594. The van der Waals surface area contributed by atoms with E-state index in [1.807, 2.05) is 0 Å². The number of cyclic esters (lactones) is 6. The number of esters is 6. The average Bonchev–Trinajstić information content (AvgIpc) is 2.67. The van der Waals surface area contributed by atoms with Crippen LogP contribution < -0.4 is 0 Å². The van der Waals surface area contributed by atoms with Crippen molar-refractivity contribution in [3.63, 3.8) is 0 Å². The first-order valence-electron chi connectivity index (χ1n) is 8.29. The first-order valence-corrected chi connectivity index (χ1v) is 8.29. The normalized spacial score (nSPS) is 18.0. The molecule has 0 unspecified atom stereocenters. The van der Waals surface area contributed by atoms with Crippen molar-refractivity contribution in [2.75, 3.05) is 0 Å². The molecule has 0 bridgehead atoms. The van der Waals surface area contributed by atoms with Crippen molar-refractivity contribution in [3.8, 4) is 0 Å². The van der Waals surface area contributed by atoms with E-state index in [9.17, 15) is 57.5 Å². The highest BCUT2D eigenvalue weighted by atomic mass is 16.7. The summed E-state index contributed by atoms with van der Waals surface area (Å²) in [7, 11) is 0. The highest BCUT2D eigenvalue weighted by molar-refractivity contribution is 6.46. The Morgan fingerprint density at radius 2 is 0.806 bits per heavy atom. The van der Waals surface area contributed by atoms with Crippen LogP contribution in [0.2, 0.25) is 0 Å². The molecule has 0 aliphatic carbocycles. The predicted octanol–water partition coefficient (Wildman–Crippen LogP) is -4.82. The van der Waals surface area contributed by atoms with Crippen LogP contribution in [0.15, 0.2) is 0 Å². The number of carbonyl (C=O) groups excluding carboxylic acids is 7. The Balaban J connectivity index is 0.000000270. The third kappa shape index (κ3) is 3.48. The van der Waals surface area contributed by atoms with Crippen molar-refractivity contribution in [3.05, 3.63) is 0 Å². The van der Waals surface area contributed by atoms with E-state index in [4.69, 9.17) is 25.5 Å². The van der Waals surface area contributed by atoms with Gasteiger partial charge in [-0.3, -0.25) is 4.79 Å². The molecule has 1 spiro atoms. The molecule has 20 nitrogen and oxygen atoms in total. The van der Waals surface area contributed by atoms with Gasteiger partial charge in [-0.15, -0.1) is 0 Å². The second-order valence-electron chi connectivity index (χ2n) is 6.36. The number of Topliss-reactive ketones (excluding diaryl/α,β-unsaturated/α-hetero) is 1. The molecular formula is C16H8O20. The number of aliphatic carboxylic acids is 5. The van der Waals surface area contributed by atoms with Crippen molar-refractivity contribution >= 4 is 71.4 Å². The number of carboxylic acids is 5. The summed E-state index contributed by atoms with van der Waals surface area (Å²) in [5, 5.41) is 41.6. The molecule has 0 saturated carbocycles. The van der Waals surface area contributed by atoms with Crippen LogP contribution in [0.5, 0.6) is 0 Å². The number of carbonyl (C=O) groups is 12. The minimum Gasteiger partial charge on any atom is -0.480 e. The topological polar surface area (TPSA) is 334 Å². The standard InChI is InChI=1S/C6H6O7.C5H2O7.C5O6/c1-2(7)6(3(8)9,4(10)11)5(12)13;6-1(7)5(2(8)9)3(10)12-4(5)11;6-1-5(2(7)10-1)3(8)11-4(5)9/h1H3,(H,8,9)(H,10,11)(H,12,13);(H,6,7)(H,8,9);. The van der Waals surface area contributed by atoms with Crippen molar-refractivity contribution in [1.29, 1.82) is 0 Å². The van der Waals surface area contributed by atoms with Crippen molar-refractivity contribution in [2.24, 2.45) is 16.2 Å². The summed E-state index contributed by atoms with van der Waals surface area (Å²) in [5.41, 5.74) is -8.64. The Morgan fingerprint density at radius 3 is 0.861 bits per heavy atom. The quantitative estimate of drug-likeness (QED) is 0.124. The third-order valence-electron chi connectivity index (χ3n) is 4.53. The zero-order valence-electron chi connectivity index (χ0n) is 16.9. The molecule has 3 heterocycles. The fraction of sp³-hybridized carbons (Fsp3) is 0.250. The molecular weight excluding hydrogens is 512 g/mol. The lowest BCUT2D eigenvalue weighted by atomic mass is 9.80. The third-order valence-corrected chi connectivity index (χ3v) is 4.53. The Morgan fingerprint density at radius 1 is 0.556 bits per heavy atom. The van der Waals surface area contributed by atoms with Gasteiger partial charge in [0, 0.05) is 0 Å². The zero-order chi connectivity index (χ0) is 28.5. The van der Waals surface area contributed by atoms with Crippen LogP contribution in [0.4, 0.5) is 0 Å². The maximum absolute atomic E-state index is 10.6. The second-order valence-corrected chi connectivity index (χ2v) is 6.36. The smallest absolute Gasteiger partial charge is 0.357 e. The molecule has 0 aromatic carbocycles. The number of carboxylic acid groups (broad SMARTS) is 5. The van der Waals surface area contributed by atoms with Gasteiger partial charge in [-0.1, -0.05) is 0 Å². The molecule has 3 rings (SSSR count).